The zero-order chi connectivity index (χ0) is 97.4. The maximum atomic E-state index is 14.5. The molecule has 0 spiro atoms. The molecule has 1 aliphatic carbocycles. The number of fused-ring (bicyclic) bond motifs is 6. The highest BCUT2D eigenvalue weighted by atomic mass is 16.6. The van der Waals surface area contributed by atoms with Crippen LogP contribution in [-0.2, 0) is 124 Å². The number of Topliss-reactive ketones (excluding diaryl/α,β-unsaturated/α-hetero) is 2. The lowest BCUT2D eigenvalue weighted by molar-refractivity contribution is -0.265. The SMILES string of the molecule is CCCOCCOCCOCCOCCOCCOCCC.COCCCC(=O)O[C@@H]1CC[C@@H](C[C@@H](C)[C@@H]2CC[C@H](C)/C=C(\C)[C@@H](O)[C@@H](OC)C(=O)[C@H](C)C[C@H](C)/C=C/C=C/C=C(\C)[C@@H](OC)C[C@@H]3CC[C@@H](C)[C@@](O)(O3)C(=O)C(=O)N3CCCC[C@H]3C(=O)O2)C[C@H]1OC.COCCOCCOCCC(=O)N1CCc2cc(Cn3nc(-c4cnc5[nH]ccc5c4)c4c(N)ncnc43)ccc2C1. The zero-order valence-electron chi connectivity index (χ0n) is 82.7. The van der Waals surface area contributed by atoms with Gasteiger partial charge in [0, 0.05) is 123 Å². The average Bonchev–Trinajstić information content (AvgIpc) is 1.16. The number of rotatable bonds is 42. The maximum Gasteiger partial charge on any atom is 0.329 e. The van der Waals surface area contributed by atoms with Crippen molar-refractivity contribution in [1.29, 1.82) is 0 Å². The van der Waals surface area contributed by atoms with E-state index >= 15 is 0 Å². The van der Waals surface area contributed by atoms with Crippen molar-refractivity contribution in [2.75, 3.05) is 173 Å². The van der Waals surface area contributed by atoms with E-state index in [1.54, 1.807) is 48.5 Å². The van der Waals surface area contributed by atoms with Gasteiger partial charge in [0.05, 0.1) is 136 Å². The Kier molecular flexibility index (Phi) is 50.9. The number of cyclic esters (lactones) is 1. The lowest BCUT2D eigenvalue weighted by Gasteiger charge is -2.42. The van der Waals surface area contributed by atoms with Gasteiger partial charge in [-0.3, -0.25) is 24.0 Å². The van der Waals surface area contributed by atoms with Crippen LogP contribution < -0.4 is 5.73 Å². The number of allylic oxidation sites excluding steroid dienone is 6. The number of ketones is 2. The Bertz CT molecular complexity index is 4460. The second-order valence-electron chi connectivity index (χ2n) is 36.2. The topological polar surface area (TPSA) is 395 Å². The minimum absolute atomic E-state index is 0.0552. The molecular weight excluding hydrogens is 1740 g/mol. The Morgan fingerprint density at radius 1 is 0.659 bits per heavy atom. The van der Waals surface area contributed by atoms with Crippen molar-refractivity contribution in [3.63, 3.8) is 0 Å². The molecule has 754 valence electrons. The molecule has 4 aliphatic heterocycles. The minimum Gasteiger partial charge on any atom is -0.461 e. The van der Waals surface area contributed by atoms with E-state index in [-0.39, 0.29) is 72.4 Å². The van der Waals surface area contributed by atoms with Gasteiger partial charge in [-0.2, -0.15) is 5.10 Å². The van der Waals surface area contributed by atoms with E-state index in [1.165, 1.54) is 23.9 Å². The number of aromatic nitrogens is 6. The number of carbonyl (C=O) groups is 6. The lowest BCUT2D eigenvalue weighted by Crippen LogP contribution is -2.61. The molecule has 8 heterocycles. The molecule has 1 saturated carbocycles. The molecule has 135 heavy (non-hydrogen) atoms. The first kappa shape index (κ1) is 112. The number of methoxy groups -OCH3 is 5. The summed E-state index contributed by atoms with van der Waals surface area (Å²) in [5, 5.41) is 30.2. The molecule has 2 bridgehead atoms. The van der Waals surface area contributed by atoms with Gasteiger partial charge in [0.2, 0.25) is 11.7 Å². The summed E-state index contributed by atoms with van der Waals surface area (Å²) < 4.78 is 90.8. The lowest BCUT2D eigenvalue weighted by atomic mass is 9.78. The van der Waals surface area contributed by atoms with Gasteiger partial charge in [0.15, 0.2) is 11.4 Å². The number of esters is 2. The third-order valence-corrected chi connectivity index (χ3v) is 25.5. The molecule has 4 aromatic heterocycles. The summed E-state index contributed by atoms with van der Waals surface area (Å²) in [7, 11) is 7.89. The van der Waals surface area contributed by atoms with Gasteiger partial charge in [-0.05, 0) is 180 Å². The summed E-state index contributed by atoms with van der Waals surface area (Å²) >= 11 is 0. The quantitative estimate of drug-likeness (QED) is 0.0122. The van der Waals surface area contributed by atoms with Crippen molar-refractivity contribution in [2.45, 2.75) is 252 Å². The number of nitrogens with two attached hydrogens (primary N) is 1. The highest BCUT2D eigenvalue weighted by Crippen LogP contribution is 2.40. The summed E-state index contributed by atoms with van der Waals surface area (Å²) in [4.78, 5) is 102. The van der Waals surface area contributed by atoms with E-state index in [1.807, 2.05) is 92.1 Å². The molecule has 5 aliphatic rings. The number of piperidine rings is 1. The van der Waals surface area contributed by atoms with Gasteiger partial charge in [0.25, 0.3) is 11.7 Å². The van der Waals surface area contributed by atoms with Crippen LogP contribution in [0.3, 0.4) is 0 Å². The minimum atomic E-state index is -2.40. The molecule has 33 heteroatoms. The highest BCUT2D eigenvalue weighted by molar-refractivity contribution is 6.39. The van der Waals surface area contributed by atoms with E-state index in [0.717, 1.165) is 72.2 Å². The molecule has 0 radical (unpaired) electrons. The van der Waals surface area contributed by atoms with Crippen molar-refractivity contribution in [3.05, 3.63) is 113 Å². The largest absolute Gasteiger partial charge is 0.461 e. The van der Waals surface area contributed by atoms with Gasteiger partial charge >= 0.3 is 11.9 Å². The number of aromatic amines is 1. The second-order valence-corrected chi connectivity index (χ2v) is 36.2. The van der Waals surface area contributed by atoms with Crippen LogP contribution in [-0.4, -0.2) is 307 Å². The van der Waals surface area contributed by atoms with Gasteiger partial charge in [0.1, 0.15) is 53.9 Å². The number of nitrogens with one attached hydrogen (secondary N) is 1. The summed E-state index contributed by atoms with van der Waals surface area (Å²) in [6.45, 7) is 30.1. The van der Waals surface area contributed by atoms with Crippen LogP contribution in [0.1, 0.15) is 195 Å². The van der Waals surface area contributed by atoms with Crippen molar-refractivity contribution in [2.24, 2.45) is 35.5 Å². The van der Waals surface area contributed by atoms with Gasteiger partial charge in [-0.1, -0.05) is 103 Å². The van der Waals surface area contributed by atoms with Crippen LogP contribution in [0.2, 0.25) is 0 Å². The summed E-state index contributed by atoms with van der Waals surface area (Å²) in [6.07, 6.45) is 23.5. The number of aliphatic hydroxyl groups is 2. The molecule has 1 aromatic carbocycles. The third-order valence-electron chi connectivity index (χ3n) is 25.5. The average molecular weight is 1890 g/mol. The normalized spacial score (nSPS) is 25.9. The van der Waals surface area contributed by atoms with Crippen LogP contribution in [0.5, 0.6) is 0 Å². The Labute approximate surface area is 798 Å². The van der Waals surface area contributed by atoms with Crippen LogP contribution in [0.15, 0.2) is 96.7 Å². The van der Waals surface area contributed by atoms with E-state index in [0.29, 0.717) is 243 Å². The summed E-state index contributed by atoms with van der Waals surface area (Å²) in [5.74, 6) is -6.14. The molecule has 3 fully saturated rings. The number of pyridine rings is 1. The number of hydrogen-bond acceptors (Lipinski definition) is 29. The molecule has 5 N–H and O–H groups in total. The predicted molar refractivity (Wildman–Crippen MR) is 513 cm³/mol. The summed E-state index contributed by atoms with van der Waals surface area (Å²) in [5.41, 5.74) is 14.3. The fourth-order valence-electron chi connectivity index (χ4n) is 17.8. The number of nitrogen functional groups attached to an aromatic ring is 1. The smallest absolute Gasteiger partial charge is 0.329 e. The van der Waals surface area contributed by atoms with Crippen molar-refractivity contribution < 1.29 is 115 Å². The van der Waals surface area contributed by atoms with E-state index < -0.39 is 65.9 Å². The molecule has 33 nitrogen and oxygen atoms in total. The van der Waals surface area contributed by atoms with Crippen LogP contribution >= 0.6 is 0 Å². The monoisotopic (exact) mass is 1890 g/mol. The van der Waals surface area contributed by atoms with E-state index in [9.17, 15) is 39.0 Å². The Balaban J connectivity index is 0.000000291. The number of amides is 2. The molecule has 0 unspecified atom stereocenters. The summed E-state index contributed by atoms with van der Waals surface area (Å²) in [6, 6.07) is 9.36. The predicted octanol–water partition coefficient (Wildman–Crippen LogP) is 12.8. The van der Waals surface area contributed by atoms with Gasteiger partial charge in [-0.15, -0.1) is 0 Å². The first-order valence-corrected chi connectivity index (χ1v) is 48.8. The number of ether oxygens (including phenoxy) is 16. The van der Waals surface area contributed by atoms with Gasteiger partial charge < -0.3 is 107 Å². The number of H-pyrrole nitrogens is 1. The zero-order valence-corrected chi connectivity index (χ0v) is 82.7. The molecular formula is C102H157N9O24. The van der Waals surface area contributed by atoms with Crippen LogP contribution in [0.4, 0.5) is 5.82 Å². The first-order valence-electron chi connectivity index (χ1n) is 48.8. The second kappa shape index (κ2) is 61.3. The fraction of sp³-hybridized carbons (Fsp3) is 0.686. The van der Waals surface area contributed by atoms with E-state index in [2.05, 4.69) is 58.9 Å². The van der Waals surface area contributed by atoms with E-state index in [4.69, 9.17) is 86.6 Å². The van der Waals surface area contributed by atoms with Crippen LogP contribution in [0.25, 0.3) is 33.3 Å². The standard InChI is InChI=1S/C56H89NO14.C30H34N8O4.C16H34O6/c1-35-18-13-12-14-19-37(3)47(66-9)34-43-25-23-41(7)56(64,71-43)53(61)54(62)57-28-16-15-20-44(57)55(63)70-45(26-22-36(2)31-40(6)51(60)52(68-11)50(59)39(5)30-35)38(4)32-42-24-27-46(48(33-42)67-10)69-49(58)21-17-29-65-8;1-40-10-11-42-13-12-41-9-6-25(39)37-8-5-21-14-20(2-3-23(21)18-37)17-38-30-26(28(31)34-19-35-30)27(36-38)24-15-22-4-7-32-29(22)33-16-24;1-3-5-17-7-9-19-11-13-21-15-16-22-14-12-20-10-8-18-6-4-2/h12-14,18-19,31,35-36,38-39,41-48,51-52,60,64H,15-17,20-30,32-34H2,1-11H3;2-4,7,14-16,19H,5-6,8-13,17-18H2,1H3,(H,32,33)(H2,31,34,35);3-16H2,1-2H3/b14-12+,18-13+,37-19+,40-31+;;/t35-,36+,38-,39-,41-,42+,43+,44+,45+,46-,47+,48-,51-,52+,56-;;/m1../s1. The Morgan fingerprint density at radius 3 is 1.98 bits per heavy atom. The highest BCUT2D eigenvalue weighted by Gasteiger charge is 2.53. The number of benzene rings is 1. The Hall–Kier alpha value is -8.20. The number of hydrogen-bond donors (Lipinski definition) is 4. The molecule has 15 atom stereocenters. The molecule has 10 rings (SSSR count). The van der Waals surface area contributed by atoms with Crippen molar-refractivity contribution >= 4 is 63.2 Å². The first-order chi connectivity index (χ1) is 65.3. The third kappa shape index (κ3) is 36.5. The number of aliphatic hydroxyl groups excluding tert-OH is 1. The molecule has 5 aromatic rings. The Morgan fingerprint density at radius 2 is 1.33 bits per heavy atom. The van der Waals surface area contributed by atoms with Gasteiger partial charge in [-0.25, -0.2) is 24.4 Å². The number of carbonyl (C=O) groups excluding carboxylic acids is 6. The van der Waals surface area contributed by atoms with Crippen LogP contribution in [0, 0.1) is 35.5 Å². The van der Waals surface area contributed by atoms with Crippen molar-refractivity contribution in [3.8, 4) is 11.3 Å². The molecule has 2 amide bonds. The fourth-order valence-corrected chi connectivity index (χ4v) is 17.8. The molecule has 2 saturated heterocycles. The number of nitrogens with zero attached hydrogens (tertiary/aromatic N) is 7. The number of anilines is 1. The van der Waals surface area contributed by atoms with Crippen molar-refractivity contribution in [1.82, 2.24) is 39.5 Å². The maximum absolute atomic E-state index is 14.5.